The molecule has 0 fully saturated rings. The van der Waals surface area contributed by atoms with Gasteiger partial charge in [0.1, 0.15) is 0 Å². The zero-order valence-electron chi connectivity index (χ0n) is 9.66. The van der Waals surface area contributed by atoms with Gasteiger partial charge in [-0.05, 0) is 0 Å². The van der Waals surface area contributed by atoms with Gasteiger partial charge in [0, 0.05) is 18.6 Å². The van der Waals surface area contributed by atoms with E-state index in [0.29, 0.717) is 29.3 Å². The molecule has 0 saturated heterocycles. The standard InChI is InChI=1S/C11H16N2O3/c1-4-11(14)13-8-6-10(16-3)9(15-2)5-7(8)12/h5-6H,4,12H2,1-3H3,(H,13,14). The second-order valence-corrected chi connectivity index (χ2v) is 3.20. The fraction of sp³-hybridized carbons (Fsp3) is 0.364. The predicted octanol–water partition coefficient (Wildman–Crippen LogP) is 1.63. The number of rotatable bonds is 4. The lowest BCUT2D eigenvalue weighted by molar-refractivity contribution is -0.115. The van der Waals surface area contributed by atoms with Crippen LogP contribution in [0.4, 0.5) is 11.4 Å². The number of hydrogen-bond acceptors (Lipinski definition) is 4. The number of nitrogen functional groups attached to an aromatic ring is 1. The lowest BCUT2D eigenvalue weighted by atomic mass is 10.2. The minimum atomic E-state index is -0.0982. The van der Waals surface area contributed by atoms with Crippen molar-refractivity contribution in [2.45, 2.75) is 13.3 Å². The minimum Gasteiger partial charge on any atom is -0.493 e. The molecule has 3 N–H and O–H groups in total. The van der Waals surface area contributed by atoms with Crippen molar-refractivity contribution in [3.63, 3.8) is 0 Å². The first kappa shape index (κ1) is 12.2. The lowest BCUT2D eigenvalue weighted by Crippen LogP contribution is -2.11. The molecule has 0 aliphatic heterocycles. The number of carbonyl (C=O) groups excluding carboxylic acids is 1. The third-order valence-electron chi connectivity index (χ3n) is 2.15. The van der Waals surface area contributed by atoms with E-state index in [4.69, 9.17) is 15.2 Å². The average molecular weight is 224 g/mol. The maximum atomic E-state index is 11.2. The van der Waals surface area contributed by atoms with Crippen LogP contribution in [0.15, 0.2) is 12.1 Å². The zero-order valence-corrected chi connectivity index (χ0v) is 9.66. The molecule has 88 valence electrons. The summed E-state index contributed by atoms with van der Waals surface area (Å²) in [6.07, 6.45) is 0.397. The Morgan fingerprint density at radius 3 is 2.38 bits per heavy atom. The van der Waals surface area contributed by atoms with Gasteiger partial charge in [-0.15, -0.1) is 0 Å². The summed E-state index contributed by atoms with van der Waals surface area (Å²) in [6, 6.07) is 3.26. The Bertz CT molecular complexity index is 391. The fourth-order valence-corrected chi connectivity index (χ4v) is 1.24. The summed E-state index contributed by atoms with van der Waals surface area (Å²) in [4.78, 5) is 11.2. The monoisotopic (exact) mass is 224 g/mol. The number of nitrogens with two attached hydrogens (primary N) is 1. The quantitative estimate of drug-likeness (QED) is 0.762. The minimum absolute atomic E-state index is 0.0982. The van der Waals surface area contributed by atoms with Gasteiger partial charge in [-0.2, -0.15) is 0 Å². The Balaban J connectivity index is 3.06. The van der Waals surface area contributed by atoms with E-state index >= 15 is 0 Å². The first-order chi connectivity index (χ1) is 7.62. The van der Waals surface area contributed by atoms with Crippen LogP contribution < -0.4 is 20.5 Å². The highest BCUT2D eigenvalue weighted by Gasteiger charge is 2.10. The van der Waals surface area contributed by atoms with E-state index in [2.05, 4.69) is 5.32 Å². The van der Waals surface area contributed by atoms with Gasteiger partial charge in [0.15, 0.2) is 11.5 Å². The highest BCUT2D eigenvalue weighted by atomic mass is 16.5. The summed E-state index contributed by atoms with van der Waals surface area (Å²) >= 11 is 0. The van der Waals surface area contributed by atoms with Crippen molar-refractivity contribution in [1.29, 1.82) is 0 Å². The fourth-order valence-electron chi connectivity index (χ4n) is 1.24. The van der Waals surface area contributed by atoms with E-state index in [1.807, 2.05) is 0 Å². The molecule has 0 spiro atoms. The molecular weight excluding hydrogens is 208 g/mol. The Morgan fingerprint density at radius 2 is 1.88 bits per heavy atom. The van der Waals surface area contributed by atoms with E-state index in [9.17, 15) is 4.79 Å². The number of methoxy groups -OCH3 is 2. The highest BCUT2D eigenvalue weighted by Crippen LogP contribution is 2.34. The van der Waals surface area contributed by atoms with Gasteiger partial charge in [-0.3, -0.25) is 4.79 Å². The number of benzene rings is 1. The van der Waals surface area contributed by atoms with Crippen molar-refractivity contribution in [1.82, 2.24) is 0 Å². The molecule has 5 nitrogen and oxygen atoms in total. The Hall–Kier alpha value is -1.91. The van der Waals surface area contributed by atoms with E-state index in [-0.39, 0.29) is 5.91 Å². The number of carbonyl (C=O) groups is 1. The SMILES string of the molecule is CCC(=O)Nc1cc(OC)c(OC)cc1N. The molecule has 5 heteroatoms. The molecule has 1 rings (SSSR count). The van der Waals surface area contributed by atoms with Gasteiger partial charge in [0.2, 0.25) is 5.91 Å². The van der Waals surface area contributed by atoms with Crippen LogP contribution >= 0.6 is 0 Å². The third kappa shape index (κ3) is 2.56. The van der Waals surface area contributed by atoms with Crippen molar-refractivity contribution in [2.75, 3.05) is 25.3 Å². The highest BCUT2D eigenvalue weighted by molar-refractivity contribution is 5.94. The van der Waals surface area contributed by atoms with Crippen LogP contribution in [0.3, 0.4) is 0 Å². The molecule has 1 aromatic carbocycles. The number of ether oxygens (including phenoxy) is 2. The van der Waals surface area contributed by atoms with Crippen LogP contribution in [0, 0.1) is 0 Å². The van der Waals surface area contributed by atoms with Gasteiger partial charge in [0.25, 0.3) is 0 Å². The van der Waals surface area contributed by atoms with Gasteiger partial charge in [-0.1, -0.05) is 6.92 Å². The first-order valence-electron chi connectivity index (χ1n) is 4.93. The summed E-state index contributed by atoms with van der Waals surface area (Å²) in [5.41, 5.74) is 6.75. The number of amides is 1. The Labute approximate surface area is 94.5 Å². The summed E-state index contributed by atoms with van der Waals surface area (Å²) in [7, 11) is 3.06. The van der Waals surface area contributed by atoms with Gasteiger partial charge in [0.05, 0.1) is 25.6 Å². The van der Waals surface area contributed by atoms with Gasteiger partial charge >= 0.3 is 0 Å². The van der Waals surface area contributed by atoms with E-state index < -0.39 is 0 Å². The smallest absolute Gasteiger partial charge is 0.224 e. The Kier molecular flexibility index (Phi) is 3.99. The molecule has 0 aliphatic carbocycles. The van der Waals surface area contributed by atoms with E-state index in [0.717, 1.165) is 0 Å². The second kappa shape index (κ2) is 5.25. The molecule has 16 heavy (non-hydrogen) atoms. The van der Waals surface area contributed by atoms with Crippen LogP contribution in [0.5, 0.6) is 11.5 Å². The topological polar surface area (TPSA) is 73.6 Å². The lowest BCUT2D eigenvalue weighted by Gasteiger charge is -2.12. The third-order valence-corrected chi connectivity index (χ3v) is 2.15. The first-order valence-corrected chi connectivity index (χ1v) is 4.93. The van der Waals surface area contributed by atoms with Crippen LogP contribution in [0.1, 0.15) is 13.3 Å². The van der Waals surface area contributed by atoms with Gasteiger partial charge in [-0.25, -0.2) is 0 Å². The molecule has 0 radical (unpaired) electrons. The molecule has 0 unspecified atom stereocenters. The number of hydrogen-bond donors (Lipinski definition) is 2. The van der Waals surface area contributed by atoms with Gasteiger partial charge < -0.3 is 20.5 Å². The molecule has 0 heterocycles. The van der Waals surface area contributed by atoms with Crippen molar-refractivity contribution in [3.8, 4) is 11.5 Å². The molecule has 1 amide bonds. The van der Waals surface area contributed by atoms with E-state index in [1.165, 1.54) is 14.2 Å². The van der Waals surface area contributed by atoms with Crippen LogP contribution in [0.2, 0.25) is 0 Å². The molecule has 1 aromatic rings. The van der Waals surface area contributed by atoms with Crippen molar-refractivity contribution in [2.24, 2.45) is 0 Å². The Morgan fingerprint density at radius 1 is 1.31 bits per heavy atom. The van der Waals surface area contributed by atoms with Crippen LogP contribution in [0.25, 0.3) is 0 Å². The molecule has 0 aliphatic rings. The largest absolute Gasteiger partial charge is 0.493 e. The van der Waals surface area contributed by atoms with Crippen molar-refractivity contribution >= 4 is 17.3 Å². The second-order valence-electron chi connectivity index (χ2n) is 3.20. The van der Waals surface area contributed by atoms with E-state index in [1.54, 1.807) is 19.1 Å². The summed E-state index contributed by atoms with van der Waals surface area (Å²) < 4.78 is 10.2. The summed E-state index contributed by atoms with van der Waals surface area (Å²) in [5.74, 6) is 0.969. The van der Waals surface area contributed by atoms with Crippen LogP contribution in [-0.2, 0) is 4.79 Å². The molecule has 0 aromatic heterocycles. The summed E-state index contributed by atoms with van der Waals surface area (Å²) in [6.45, 7) is 1.77. The molecule has 0 saturated carbocycles. The molecule has 0 atom stereocenters. The number of anilines is 2. The molecular formula is C11H16N2O3. The van der Waals surface area contributed by atoms with Crippen molar-refractivity contribution in [3.05, 3.63) is 12.1 Å². The maximum Gasteiger partial charge on any atom is 0.224 e. The van der Waals surface area contributed by atoms with Crippen molar-refractivity contribution < 1.29 is 14.3 Å². The maximum absolute atomic E-state index is 11.2. The summed E-state index contributed by atoms with van der Waals surface area (Å²) in [5, 5.41) is 2.69. The normalized spacial score (nSPS) is 9.69. The predicted molar refractivity (Wildman–Crippen MR) is 62.9 cm³/mol. The number of nitrogens with one attached hydrogen (secondary N) is 1. The van der Waals surface area contributed by atoms with Crippen LogP contribution in [-0.4, -0.2) is 20.1 Å². The molecule has 0 bridgehead atoms. The zero-order chi connectivity index (χ0) is 12.1. The average Bonchev–Trinajstić information content (AvgIpc) is 2.30.